The number of aromatic carboxylic acids is 1. The molecule has 0 aliphatic heterocycles. The Bertz CT molecular complexity index is 599. The van der Waals surface area contributed by atoms with Crippen molar-refractivity contribution >= 4 is 29.3 Å². The molecule has 2 rings (SSSR count). The Hall–Kier alpha value is -1.52. The van der Waals surface area contributed by atoms with E-state index in [-0.39, 0.29) is 10.6 Å². The van der Waals surface area contributed by atoms with E-state index in [1.54, 1.807) is 24.3 Å². The van der Waals surface area contributed by atoms with Crippen LogP contribution in [-0.2, 0) is 5.75 Å². The Balaban J connectivity index is 2.06. The van der Waals surface area contributed by atoms with E-state index in [2.05, 4.69) is 0 Å². The van der Waals surface area contributed by atoms with Gasteiger partial charge in [-0.25, -0.2) is 9.18 Å². The molecule has 0 saturated heterocycles. The van der Waals surface area contributed by atoms with Crippen LogP contribution in [-0.4, -0.2) is 11.1 Å². The quantitative estimate of drug-likeness (QED) is 0.846. The van der Waals surface area contributed by atoms with Crippen molar-refractivity contribution < 1.29 is 14.3 Å². The van der Waals surface area contributed by atoms with Gasteiger partial charge in [-0.05, 0) is 35.9 Å². The molecule has 2 nitrogen and oxygen atoms in total. The summed E-state index contributed by atoms with van der Waals surface area (Å²) in [6, 6.07) is 11.2. The van der Waals surface area contributed by atoms with Crippen molar-refractivity contribution in [3.63, 3.8) is 0 Å². The molecule has 2 aromatic rings. The zero-order chi connectivity index (χ0) is 13.8. The van der Waals surface area contributed by atoms with Crippen LogP contribution in [0.3, 0.4) is 0 Å². The molecule has 0 atom stereocenters. The monoisotopic (exact) mass is 296 g/mol. The topological polar surface area (TPSA) is 37.3 Å². The molecule has 0 saturated carbocycles. The third-order valence-electron chi connectivity index (χ3n) is 2.53. The van der Waals surface area contributed by atoms with E-state index in [0.29, 0.717) is 11.3 Å². The summed E-state index contributed by atoms with van der Waals surface area (Å²) >= 11 is 7.33. The predicted octanol–water partition coefficient (Wildman–Crippen LogP) is 4.47. The molecule has 0 spiro atoms. The molecule has 1 N–H and O–H groups in total. The average Bonchev–Trinajstić information content (AvgIpc) is 2.41. The number of carbonyl (C=O) groups is 1. The minimum atomic E-state index is -0.954. The normalized spacial score (nSPS) is 10.4. The summed E-state index contributed by atoms with van der Waals surface area (Å²) < 4.78 is 13.2. The Kier molecular flexibility index (Phi) is 4.45. The molecule has 0 aliphatic rings. The highest BCUT2D eigenvalue weighted by molar-refractivity contribution is 7.98. The first kappa shape index (κ1) is 13.9. The number of rotatable bonds is 4. The van der Waals surface area contributed by atoms with Crippen LogP contribution in [0.5, 0.6) is 0 Å². The number of carboxylic acid groups (broad SMARTS) is 1. The first-order chi connectivity index (χ1) is 9.08. The molecule has 0 radical (unpaired) electrons. The van der Waals surface area contributed by atoms with E-state index < -0.39 is 11.8 Å². The average molecular weight is 297 g/mol. The van der Waals surface area contributed by atoms with Gasteiger partial charge in [0.25, 0.3) is 0 Å². The zero-order valence-electron chi connectivity index (χ0n) is 9.77. The molecule has 0 unspecified atom stereocenters. The van der Waals surface area contributed by atoms with Crippen molar-refractivity contribution in [2.45, 2.75) is 10.6 Å². The largest absolute Gasteiger partial charge is 0.478 e. The zero-order valence-corrected chi connectivity index (χ0v) is 11.3. The summed E-state index contributed by atoms with van der Waals surface area (Å²) in [5, 5.41) is 8.92. The molecule has 0 amide bonds. The first-order valence-electron chi connectivity index (χ1n) is 5.47. The third kappa shape index (κ3) is 3.49. The molecular formula is C14H10ClFO2S. The van der Waals surface area contributed by atoms with Crippen LogP contribution in [0.2, 0.25) is 5.02 Å². The van der Waals surface area contributed by atoms with Gasteiger partial charge in [-0.2, -0.15) is 0 Å². The summed E-state index contributed by atoms with van der Waals surface area (Å²) in [5.41, 5.74) is 0.960. The SMILES string of the molecule is O=C(O)c1ccc(SCc2cccc(F)c2Cl)cc1. The second kappa shape index (κ2) is 6.08. The lowest BCUT2D eigenvalue weighted by molar-refractivity contribution is 0.0697. The maximum Gasteiger partial charge on any atom is 0.335 e. The Morgan fingerprint density at radius 3 is 2.53 bits per heavy atom. The van der Waals surface area contributed by atoms with Crippen LogP contribution >= 0.6 is 23.4 Å². The molecule has 2 aromatic carbocycles. The Labute approximate surface area is 119 Å². The van der Waals surface area contributed by atoms with Crippen molar-refractivity contribution in [1.29, 1.82) is 0 Å². The van der Waals surface area contributed by atoms with Gasteiger partial charge in [0.1, 0.15) is 5.82 Å². The Morgan fingerprint density at radius 2 is 1.89 bits per heavy atom. The van der Waals surface area contributed by atoms with Crippen LogP contribution in [0.15, 0.2) is 47.4 Å². The maximum absolute atomic E-state index is 13.2. The molecule has 0 heterocycles. The van der Waals surface area contributed by atoms with Gasteiger partial charge in [0.2, 0.25) is 0 Å². The maximum atomic E-state index is 13.2. The molecule has 98 valence electrons. The van der Waals surface area contributed by atoms with E-state index >= 15 is 0 Å². The fourth-order valence-corrected chi connectivity index (χ4v) is 2.68. The second-order valence-corrected chi connectivity index (χ2v) is 5.26. The fourth-order valence-electron chi connectivity index (χ4n) is 1.51. The first-order valence-corrected chi connectivity index (χ1v) is 6.83. The van der Waals surface area contributed by atoms with Crippen molar-refractivity contribution in [2.75, 3.05) is 0 Å². The summed E-state index contributed by atoms with van der Waals surface area (Å²) in [6.07, 6.45) is 0. The lowest BCUT2D eigenvalue weighted by Gasteiger charge is -2.05. The van der Waals surface area contributed by atoms with Crippen molar-refractivity contribution in [3.8, 4) is 0 Å². The van der Waals surface area contributed by atoms with Gasteiger partial charge in [-0.3, -0.25) is 0 Å². The van der Waals surface area contributed by atoms with Crippen LogP contribution in [0.25, 0.3) is 0 Å². The minimum Gasteiger partial charge on any atom is -0.478 e. The molecular weight excluding hydrogens is 287 g/mol. The molecule has 0 aliphatic carbocycles. The van der Waals surface area contributed by atoms with Crippen LogP contribution < -0.4 is 0 Å². The molecule has 0 fully saturated rings. The van der Waals surface area contributed by atoms with Gasteiger partial charge in [0, 0.05) is 10.6 Å². The lowest BCUT2D eigenvalue weighted by Crippen LogP contribution is -1.94. The predicted molar refractivity (Wildman–Crippen MR) is 74.4 cm³/mol. The van der Waals surface area contributed by atoms with Gasteiger partial charge in [-0.15, -0.1) is 11.8 Å². The highest BCUT2D eigenvalue weighted by Gasteiger charge is 2.07. The smallest absolute Gasteiger partial charge is 0.335 e. The van der Waals surface area contributed by atoms with Crippen LogP contribution in [0.1, 0.15) is 15.9 Å². The van der Waals surface area contributed by atoms with Crippen LogP contribution in [0.4, 0.5) is 4.39 Å². The summed E-state index contributed by atoms with van der Waals surface area (Å²) in [6.45, 7) is 0. The summed E-state index contributed by atoms with van der Waals surface area (Å²) in [4.78, 5) is 11.6. The van der Waals surface area contributed by atoms with E-state index in [0.717, 1.165) is 4.90 Å². The highest BCUT2D eigenvalue weighted by atomic mass is 35.5. The van der Waals surface area contributed by atoms with Gasteiger partial charge in [0.05, 0.1) is 10.6 Å². The van der Waals surface area contributed by atoms with E-state index in [9.17, 15) is 9.18 Å². The van der Waals surface area contributed by atoms with E-state index in [4.69, 9.17) is 16.7 Å². The fraction of sp³-hybridized carbons (Fsp3) is 0.0714. The molecule has 19 heavy (non-hydrogen) atoms. The van der Waals surface area contributed by atoms with Gasteiger partial charge in [0.15, 0.2) is 0 Å². The standard InChI is InChI=1S/C14H10ClFO2S/c15-13-10(2-1-3-12(13)16)8-19-11-6-4-9(5-7-11)14(17)18/h1-7H,8H2,(H,17,18). The minimum absolute atomic E-state index is 0.136. The highest BCUT2D eigenvalue weighted by Crippen LogP contribution is 2.28. The number of benzene rings is 2. The van der Waals surface area contributed by atoms with Gasteiger partial charge in [-0.1, -0.05) is 23.7 Å². The van der Waals surface area contributed by atoms with Crippen molar-refractivity contribution in [2.24, 2.45) is 0 Å². The number of carboxylic acids is 1. The molecule has 0 aromatic heterocycles. The van der Waals surface area contributed by atoms with Gasteiger partial charge < -0.3 is 5.11 Å². The van der Waals surface area contributed by atoms with Crippen molar-refractivity contribution in [1.82, 2.24) is 0 Å². The van der Waals surface area contributed by atoms with Crippen molar-refractivity contribution in [3.05, 3.63) is 64.4 Å². The summed E-state index contributed by atoms with van der Waals surface area (Å²) in [7, 11) is 0. The number of hydrogen-bond acceptors (Lipinski definition) is 2. The van der Waals surface area contributed by atoms with E-state index in [1.165, 1.54) is 30.0 Å². The molecule has 5 heteroatoms. The van der Waals surface area contributed by atoms with E-state index in [1.807, 2.05) is 0 Å². The molecule has 0 bridgehead atoms. The van der Waals surface area contributed by atoms with Crippen LogP contribution in [0, 0.1) is 5.82 Å². The Morgan fingerprint density at radius 1 is 1.21 bits per heavy atom. The number of halogens is 2. The third-order valence-corrected chi connectivity index (χ3v) is 4.01. The number of thioether (sulfide) groups is 1. The second-order valence-electron chi connectivity index (χ2n) is 3.83. The van der Waals surface area contributed by atoms with Gasteiger partial charge >= 0.3 is 5.97 Å². The lowest BCUT2D eigenvalue weighted by atomic mass is 10.2. The number of hydrogen-bond donors (Lipinski definition) is 1. The summed E-state index contributed by atoms with van der Waals surface area (Å²) in [5.74, 6) is -0.853.